The van der Waals surface area contributed by atoms with Gasteiger partial charge in [-0.25, -0.2) is 0 Å². The molecule has 0 aliphatic carbocycles. The van der Waals surface area contributed by atoms with Crippen molar-refractivity contribution in [3.05, 3.63) is 60.2 Å². The summed E-state index contributed by atoms with van der Waals surface area (Å²) in [5.41, 5.74) is 3.25. The highest BCUT2D eigenvalue weighted by molar-refractivity contribution is 8.01. The first-order chi connectivity index (χ1) is 14.3. The lowest BCUT2D eigenvalue weighted by atomic mass is 10.1. The largest absolute Gasteiger partial charge is 0.339 e. The normalized spacial score (nSPS) is 10.9. The van der Waals surface area contributed by atoms with E-state index in [-0.39, 0.29) is 0 Å². The number of hydrogen-bond acceptors (Lipinski definition) is 9. The molecule has 0 saturated heterocycles. The van der Waals surface area contributed by atoms with E-state index in [1.54, 1.807) is 35.5 Å². The lowest BCUT2D eigenvalue weighted by molar-refractivity contribution is 0.378. The highest BCUT2D eigenvalue weighted by Gasteiger charge is 2.09. The lowest BCUT2D eigenvalue weighted by Gasteiger charge is -2.02. The van der Waals surface area contributed by atoms with Crippen molar-refractivity contribution >= 4 is 33.9 Å². The zero-order chi connectivity index (χ0) is 19.9. The topological polar surface area (TPSA) is 89.6 Å². The van der Waals surface area contributed by atoms with E-state index in [2.05, 4.69) is 61.8 Å². The second-order valence-electron chi connectivity index (χ2n) is 6.25. The minimum atomic E-state index is 0.599. The van der Waals surface area contributed by atoms with Crippen LogP contribution in [0.3, 0.4) is 0 Å². The Labute approximate surface area is 177 Å². The number of anilines is 2. The molecule has 0 aliphatic heterocycles. The summed E-state index contributed by atoms with van der Waals surface area (Å²) >= 11 is 3.24. The van der Waals surface area contributed by atoms with E-state index in [1.807, 2.05) is 12.1 Å². The zero-order valence-corrected chi connectivity index (χ0v) is 17.5. The molecule has 148 valence electrons. The van der Waals surface area contributed by atoms with Gasteiger partial charge in [-0.15, -0.1) is 10.2 Å². The molecule has 0 unspecified atom stereocenters. The highest BCUT2D eigenvalue weighted by atomic mass is 32.2. The maximum atomic E-state index is 5.33. The minimum Gasteiger partial charge on any atom is -0.339 e. The van der Waals surface area contributed by atoms with E-state index in [0.717, 1.165) is 45.7 Å². The standard InChI is InChI=1S/C20H20N6OS2/c1-2-14-5-7-16(8-6-14)22-19-24-25-20(29-19)28-13-3-4-17-23-18(26-27-17)15-9-11-21-12-10-15/h5-12H,2-4,13H2,1H3,(H,22,24). The predicted molar refractivity (Wildman–Crippen MR) is 116 cm³/mol. The molecule has 0 spiro atoms. The fraction of sp³-hybridized carbons (Fsp3) is 0.250. The number of thioether (sulfide) groups is 1. The Balaban J connectivity index is 1.23. The quantitative estimate of drug-likeness (QED) is 0.296. The van der Waals surface area contributed by atoms with Crippen molar-refractivity contribution in [1.82, 2.24) is 25.3 Å². The van der Waals surface area contributed by atoms with Gasteiger partial charge in [0, 0.05) is 35.8 Å². The van der Waals surface area contributed by atoms with Crippen molar-refractivity contribution in [2.45, 2.75) is 30.5 Å². The summed E-state index contributed by atoms with van der Waals surface area (Å²) in [6, 6.07) is 12.1. The summed E-state index contributed by atoms with van der Waals surface area (Å²) in [6.07, 6.45) is 6.12. The molecule has 29 heavy (non-hydrogen) atoms. The summed E-state index contributed by atoms with van der Waals surface area (Å²) < 4.78 is 6.28. The van der Waals surface area contributed by atoms with Gasteiger partial charge in [-0.2, -0.15) is 4.98 Å². The third-order valence-corrected chi connectivity index (χ3v) is 6.25. The zero-order valence-electron chi connectivity index (χ0n) is 15.9. The summed E-state index contributed by atoms with van der Waals surface area (Å²) in [4.78, 5) is 8.43. The van der Waals surface area contributed by atoms with E-state index < -0.39 is 0 Å². The maximum Gasteiger partial charge on any atom is 0.226 e. The SMILES string of the molecule is CCc1ccc(Nc2nnc(SCCCc3nc(-c4ccncc4)no3)s2)cc1. The van der Waals surface area contributed by atoms with Crippen LogP contribution in [0.2, 0.25) is 0 Å². The molecule has 1 N–H and O–H groups in total. The van der Waals surface area contributed by atoms with Crippen molar-refractivity contribution in [3.8, 4) is 11.4 Å². The van der Waals surface area contributed by atoms with Gasteiger partial charge in [-0.3, -0.25) is 4.98 Å². The van der Waals surface area contributed by atoms with Crippen LogP contribution in [-0.4, -0.2) is 31.1 Å². The maximum absolute atomic E-state index is 5.33. The Bertz CT molecular complexity index is 1030. The third kappa shape index (κ3) is 5.39. The van der Waals surface area contributed by atoms with Crippen molar-refractivity contribution in [2.24, 2.45) is 0 Å². The van der Waals surface area contributed by atoms with Gasteiger partial charge in [0.15, 0.2) is 4.34 Å². The van der Waals surface area contributed by atoms with Gasteiger partial charge >= 0.3 is 0 Å². The number of pyridine rings is 1. The molecular weight excluding hydrogens is 404 g/mol. The molecule has 0 amide bonds. The van der Waals surface area contributed by atoms with Crippen molar-refractivity contribution in [3.63, 3.8) is 0 Å². The summed E-state index contributed by atoms with van der Waals surface area (Å²) in [6.45, 7) is 2.15. The molecule has 0 bridgehead atoms. The molecule has 0 fully saturated rings. The number of nitrogens with zero attached hydrogens (tertiary/aromatic N) is 5. The first-order valence-corrected chi connectivity index (χ1v) is 11.2. The van der Waals surface area contributed by atoms with Crippen LogP contribution < -0.4 is 5.32 Å². The van der Waals surface area contributed by atoms with Crippen LogP contribution in [0.25, 0.3) is 11.4 Å². The predicted octanol–water partition coefficient (Wildman–Crippen LogP) is 5.01. The van der Waals surface area contributed by atoms with Crippen molar-refractivity contribution in [1.29, 1.82) is 0 Å². The van der Waals surface area contributed by atoms with E-state index in [0.29, 0.717) is 11.7 Å². The Kier molecular flexibility index (Phi) is 6.48. The van der Waals surface area contributed by atoms with Crippen LogP contribution in [0.15, 0.2) is 57.7 Å². The van der Waals surface area contributed by atoms with Crippen LogP contribution in [-0.2, 0) is 12.8 Å². The summed E-state index contributed by atoms with van der Waals surface area (Å²) in [5.74, 6) is 2.15. The molecule has 0 radical (unpaired) electrons. The van der Waals surface area contributed by atoms with Gasteiger partial charge < -0.3 is 9.84 Å². The molecule has 3 heterocycles. The molecule has 4 rings (SSSR count). The van der Waals surface area contributed by atoms with Crippen LogP contribution in [0.1, 0.15) is 24.8 Å². The van der Waals surface area contributed by atoms with Crippen LogP contribution >= 0.6 is 23.1 Å². The van der Waals surface area contributed by atoms with Gasteiger partial charge in [-0.1, -0.05) is 47.3 Å². The number of aryl methyl sites for hydroxylation is 2. The summed E-state index contributed by atoms with van der Waals surface area (Å²) in [5, 5.41) is 16.6. The van der Waals surface area contributed by atoms with Crippen LogP contribution in [0.5, 0.6) is 0 Å². The number of rotatable bonds is 9. The average molecular weight is 425 g/mol. The molecule has 3 aromatic heterocycles. The molecule has 1 aromatic carbocycles. The fourth-order valence-corrected chi connectivity index (χ4v) is 4.41. The number of hydrogen-bond donors (Lipinski definition) is 1. The van der Waals surface area contributed by atoms with Gasteiger partial charge in [0.2, 0.25) is 16.8 Å². The molecular formula is C20H20N6OS2. The monoisotopic (exact) mass is 424 g/mol. The molecule has 7 nitrogen and oxygen atoms in total. The second-order valence-corrected chi connectivity index (χ2v) is 8.57. The average Bonchev–Trinajstić information content (AvgIpc) is 3.42. The summed E-state index contributed by atoms with van der Waals surface area (Å²) in [7, 11) is 0. The lowest BCUT2D eigenvalue weighted by Crippen LogP contribution is -1.89. The Morgan fingerprint density at radius 3 is 2.69 bits per heavy atom. The Morgan fingerprint density at radius 1 is 1.07 bits per heavy atom. The van der Waals surface area contributed by atoms with Crippen molar-refractivity contribution < 1.29 is 4.52 Å². The third-order valence-electron chi connectivity index (χ3n) is 4.19. The number of nitrogens with one attached hydrogen (secondary N) is 1. The minimum absolute atomic E-state index is 0.599. The first-order valence-electron chi connectivity index (χ1n) is 9.35. The number of aromatic nitrogens is 5. The molecule has 0 aliphatic rings. The van der Waals surface area contributed by atoms with Crippen LogP contribution in [0.4, 0.5) is 10.8 Å². The highest BCUT2D eigenvalue weighted by Crippen LogP contribution is 2.28. The van der Waals surface area contributed by atoms with Gasteiger partial charge in [0.1, 0.15) is 0 Å². The van der Waals surface area contributed by atoms with E-state index in [9.17, 15) is 0 Å². The molecule has 0 saturated carbocycles. The Hall–Kier alpha value is -2.78. The number of benzene rings is 1. The molecule has 0 atom stereocenters. The van der Waals surface area contributed by atoms with E-state index in [4.69, 9.17) is 4.52 Å². The van der Waals surface area contributed by atoms with Gasteiger partial charge in [0.05, 0.1) is 0 Å². The smallest absolute Gasteiger partial charge is 0.226 e. The molecule has 9 heteroatoms. The van der Waals surface area contributed by atoms with Gasteiger partial charge in [-0.05, 0) is 42.7 Å². The van der Waals surface area contributed by atoms with Crippen LogP contribution in [0, 0.1) is 0 Å². The molecule has 4 aromatic rings. The van der Waals surface area contributed by atoms with E-state index in [1.165, 1.54) is 5.56 Å². The fourth-order valence-electron chi connectivity index (χ4n) is 2.62. The van der Waals surface area contributed by atoms with Gasteiger partial charge in [0.25, 0.3) is 0 Å². The Morgan fingerprint density at radius 2 is 1.90 bits per heavy atom. The second kappa shape index (κ2) is 9.62. The van der Waals surface area contributed by atoms with Crippen molar-refractivity contribution in [2.75, 3.05) is 11.1 Å². The van der Waals surface area contributed by atoms with E-state index >= 15 is 0 Å². The first kappa shape index (κ1) is 19.5.